The van der Waals surface area contributed by atoms with Gasteiger partial charge in [-0.25, -0.2) is 0 Å². The summed E-state index contributed by atoms with van der Waals surface area (Å²) in [5, 5.41) is 0. The summed E-state index contributed by atoms with van der Waals surface area (Å²) in [6, 6.07) is 0. The largest absolute Gasteiger partial charge is 0.469 e. The molecule has 0 unspecified atom stereocenters. The van der Waals surface area contributed by atoms with Crippen molar-refractivity contribution < 1.29 is 9.53 Å². The van der Waals surface area contributed by atoms with E-state index >= 15 is 0 Å². The zero-order valence-corrected chi connectivity index (χ0v) is 7.30. The molecule has 0 bridgehead atoms. The van der Waals surface area contributed by atoms with Gasteiger partial charge in [0.2, 0.25) is 0 Å². The Labute approximate surface area is 68.2 Å². The molecule has 0 aliphatic heterocycles. The quantitative estimate of drug-likeness (QED) is 0.346. The summed E-state index contributed by atoms with van der Waals surface area (Å²) in [5.74, 6) is -0.0889. The molecule has 0 aliphatic rings. The first kappa shape index (κ1) is 10.2. The second-order valence-electron chi connectivity index (χ2n) is 2.64. The Morgan fingerprint density at radius 2 is 2.36 bits per heavy atom. The van der Waals surface area contributed by atoms with Gasteiger partial charge in [0, 0.05) is 0 Å². The average Bonchev–Trinajstić information content (AvgIpc) is 2.03. The molecule has 2 nitrogen and oxygen atoms in total. The number of rotatable bonds is 5. The Hall–Kier alpha value is -0.790. The second-order valence-corrected chi connectivity index (χ2v) is 2.64. The van der Waals surface area contributed by atoms with Gasteiger partial charge < -0.3 is 4.74 Å². The van der Waals surface area contributed by atoms with Crippen LogP contribution < -0.4 is 0 Å². The lowest BCUT2D eigenvalue weighted by atomic mass is 10.0. The molecule has 0 aromatic carbocycles. The van der Waals surface area contributed by atoms with Crippen LogP contribution in [0.15, 0.2) is 12.7 Å². The van der Waals surface area contributed by atoms with E-state index in [0.29, 0.717) is 0 Å². The molecule has 2 heteroatoms. The highest BCUT2D eigenvalue weighted by molar-refractivity contribution is 5.71. The van der Waals surface area contributed by atoms with E-state index in [-0.39, 0.29) is 11.9 Å². The lowest BCUT2D eigenvalue weighted by Gasteiger charge is -2.06. The van der Waals surface area contributed by atoms with E-state index < -0.39 is 0 Å². The molecule has 0 N–H and O–H groups in total. The summed E-state index contributed by atoms with van der Waals surface area (Å²) in [6.07, 6.45) is 4.74. The van der Waals surface area contributed by atoms with Crippen LogP contribution >= 0.6 is 0 Å². The van der Waals surface area contributed by atoms with E-state index in [1.165, 1.54) is 7.11 Å². The van der Waals surface area contributed by atoms with Crippen LogP contribution in [0.5, 0.6) is 0 Å². The van der Waals surface area contributed by atoms with Crippen molar-refractivity contribution in [3.05, 3.63) is 12.7 Å². The number of hydrogen-bond donors (Lipinski definition) is 0. The number of esters is 1. The van der Waals surface area contributed by atoms with Crippen molar-refractivity contribution in [2.45, 2.75) is 26.2 Å². The third-order valence-corrected chi connectivity index (χ3v) is 1.65. The van der Waals surface area contributed by atoms with Gasteiger partial charge in [-0.2, -0.15) is 0 Å². The van der Waals surface area contributed by atoms with E-state index in [1.54, 1.807) is 0 Å². The SMILES string of the molecule is C=CCCC[C@@H](C)C(=O)OC. The third-order valence-electron chi connectivity index (χ3n) is 1.65. The van der Waals surface area contributed by atoms with Gasteiger partial charge in [-0.1, -0.05) is 13.0 Å². The van der Waals surface area contributed by atoms with Crippen molar-refractivity contribution in [3.63, 3.8) is 0 Å². The molecule has 0 heterocycles. The molecule has 0 spiro atoms. The first-order chi connectivity index (χ1) is 5.22. The minimum atomic E-state index is -0.117. The van der Waals surface area contributed by atoms with Gasteiger partial charge in [0.05, 0.1) is 13.0 Å². The lowest BCUT2D eigenvalue weighted by molar-refractivity contribution is -0.145. The van der Waals surface area contributed by atoms with Gasteiger partial charge in [-0.15, -0.1) is 6.58 Å². The highest BCUT2D eigenvalue weighted by Gasteiger charge is 2.11. The molecular weight excluding hydrogens is 140 g/mol. The number of carbonyl (C=O) groups excluding carboxylic acids is 1. The Morgan fingerprint density at radius 3 is 2.82 bits per heavy atom. The maximum absolute atomic E-state index is 10.9. The van der Waals surface area contributed by atoms with Gasteiger partial charge in [-0.3, -0.25) is 4.79 Å². The van der Waals surface area contributed by atoms with Crippen molar-refractivity contribution in [2.75, 3.05) is 7.11 Å². The Morgan fingerprint density at radius 1 is 1.73 bits per heavy atom. The van der Waals surface area contributed by atoms with Crippen LogP contribution in [-0.4, -0.2) is 13.1 Å². The molecule has 1 atom stereocenters. The molecular formula is C9H16O2. The molecule has 0 rings (SSSR count). The van der Waals surface area contributed by atoms with Crippen LogP contribution in [0.2, 0.25) is 0 Å². The number of carbonyl (C=O) groups is 1. The van der Waals surface area contributed by atoms with E-state index in [1.807, 2.05) is 13.0 Å². The fourth-order valence-corrected chi connectivity index (χ4v) is 0.887. The highest BCUT2D eigenvalue weighted by Crippen LogP contribution is 2.08. The molecule has 11 heavy (non-hydrogen) atoms. The van der Waals surface area contributed by atoms with Crippen molar-refractivity contribution in [1.82, 2.24) is 0 Å². The number of hydrogen-bond acceptors (Lipinski definition) is 2. The summed E-state index contributed by atoms with van der Waals surface area (Å²) in [6.45, 7) is 5.49. The topological polar surface area (TPSA) is 26.3 Å². The van der Waals surface area contributed by atoms with Crippen molar-refractivity contribution in [1.29, 1.82) is 0 Å². The van der Waals surface area contributed by atoms with Crippen LogP contribution in [0.4, 0.5) is 0 Å². The summed E-state index contributed by atoms with van der Waals surface area (Å²) in [5.41, 5.74) is 0. The first-order valence-corrected chi connectivity index (χ1v) is 3.91. The smallest absolute Gasteiger partial charge is 0.308 e. The van der Waals surface area contributed by atoms with Crippen LogP contribution in [0, 0.1) is 5.92 Å². The van der Waals surface area contributed by atoms with Gasteiger partial charge in [0.15, 0.2) is 0 Å². The fourth-order valence-electron chi connectivity index (χ4n) is 0.887. The summed E-state index contributed by atoms with van der Waals surface area (Å²) in [4.78, 5) is 10.9. The van der Waals surface area contributed by atoms with Gasteiger partial charge in [0.1, 0.15) is 0 Å². The Bertz CT molecular complexity index is 130. The monoisotopic (exact) mass is 156 g/mol. The molecule has 0 aromatic heterocycles. The lowest BCUT2D eigenvalue weighted by Crippen LogP contribution is -2.12. The van der Waals surface area contributed by atoms with Crippen LogP contribution in [-0.2, 0) is 9.53 Å². The standard InChI is InChI=1S/C9H16O2/c1-4-5-6-7-8(2)9(10)11-3/h4,8H,1,5-7H2,2-3H3/t8-/m1/s1. The van der Waals surface area contributed by atoms with E-state index in [9.17, 15) is 4.79 Å². The Kier molecular flexibility index (Phi) is 5.53. The van der Waals surface area contributed by atoms with Crippen LogP contribution in [0.25, 0.3) is 0 Å². The second kappa shape index (κ2) is 5.96. The molecule has 64 valence electrons. The molecule has 0 saturated heterocycles. The molecule has 0 radical (unpaired) electrons. The molecule has 0 amide bonds. The van der Waals surface area contributed by atoms with Crippen molar-refractivity contribution in [2.24, 2.45) is 5.92 Å². The summed E-state index contributed by atoms with van der Waals surface area (Å²) < 4.78 is 4.58. The third kappa shape index (κ3) is 4.59. The van der Waals surface area contributed by atoms with Crippen LogP contribution in [0.1, 0.15) is 26.2 Å². The Balaban J connectivity index is 3.43. The van der Waals surface area contributed by atoms with Gasteiger partial charge in [0.25, 0.3) is 0 Å². The maximum Gasteiger partial charge on any atom is 0.308 e. The normalized spacial score (nSPS) is 12.2. The molecule has 0 aromatic rings. The molecule has 0 saturated carbocycles. The fraction of sp³-hybridized carbons (Fsp3) is 0.667. The average molecular weight is 156 g/mol. The number of methoxy groups -OCH3 is 1. The number of ether oxygens (including phenoxy) is 1. The van der Waals surface area contributed by atoms with Crippen LogP contribution in [0.3, 0.4) is 0 Å². The van der Waals surface area contributed by atoms with Crippen molar-refractivity contribution >= 4 is 5.97 Å². The highest BCUT2D eigenvalue weighted by atomic mass is 16.5. The summed E-state index contributed by atoms with van der Waals surface area (Å²) >= 11 is 0. The van der Waals surface area contributed by atoms with E-state index in [0.717, 1.165) is 19.3 Å². The minimum Gasteiger partial charge on any atom is -0.469 e. The first-order valence-electron chi connectivity index (χ1n) is 3.91. The van der Waals surface area contributed by atoms with E-state index in [4.69, 9.17) is 0 Å². The zero-order chi connectivity index (χ0) is 8.69. The number of unbranched alkanes of at least 4 members (excludes halogenated alkanes) is 1. The molecule has 0 fully saturated rings. The minimum absolute atomic E-state index is 0.0277. The predicted molar refractivity (Wildman–Crippen MR) is 45.2 cm³/mol. The zero-order valence-electron chi connectivity index (χ0n) is 7.30. The summed E-state index contributed by atoms with van der Waals surface area (Å²) in [7, 11) is 1.42. The van der Waals surface area contributed by atoms with E-state index in [2.05, 4.69) is 11.3 Å². The number of allylic oxidation sites excluding steroid dienone is 1. The predicted octanol–water partition coefficient (Wildman–Crippen LogP) is 2.15. The van der Waals surface area contributed by atoms with Gasteiger partial charge in [-0.05, 0) is 19.3 Å². The van der Waals surface area contributed by atoms with Gasteiger partial charge >= 0.3 is 5.97 Å². The maximum atomic E-state index is 10.9. The van der Waals surface area contributed by atoms with Crippen molar-refractivity contribution in [3.8, 4) is 0 Å². The molecule has 0 aliphatic carbocycles.